The quantitative estimate of drug-likeness (QED) is 0.384. The number of carbonyl (C=O) groups excluding carboxylic acids is 2. The highest BCUT2D eigenvalue weighted by atomic mass is 79.9. The van der Waals surface area contributed by atoms with Crippen LogP contribution >= 0.6 is 15.9 Å². The Morgan fingerprint density at radius 1 is 1.56 bits per heavy atom. The molecule has 1 saturated heterocycles. The van der Waals surface area contributed by atoms with E-state index in [0.29, 0.717) is 0 Å². The van der Waals surface area contributed by atoms with E-state index in [1.54, 1.807) is 0 Å². The average molecular weight is 293 g/mol. The molecule has 2 amide bonds. The predicted octanol–water partition coefficient (Wildman–Crippen LogP) is 0.121. The molecule has 0 radical (unpaired) electrons. The molecule has 1 heterocycles. The SMILES string of the molecule is CC.O=C1NCC(O)C1C(=O)NC1(Br)CC1. The molecule has 1 saturated carbocycles. The number of halogens is 1. The van der Waals surface area contributed by atoms with Crippen molar-refractivity contribution in [2.45, 2.75) is 37.2 Å². The summed E-state index contributed by atoms with van der Waals surface area (Å²) in [6.07, 6.45) is 0.823. The van der Waals surface area contributed by atoms with Gasteiger partial charge in [-0.3, -0.25) is 9.59 Å². The lowest BCUT2D eigenvalue weighted by Gasteiger charge is -2.14. The van der Waals surface area contributed by atoms with Gasteiger partial charge in [-0.1, -0.05) is 29.8 Å². The van der Waals surface area contributed by atoms with Crippen LogP contribution in [0.2, 0.25) is 0 Å². The summed E-state index contributed by atoms with van der Waals surface area (Å²) in [6.45, 7) is 4.16. The van der Waals surface area contributed by atoms with Crippen LogP contribution in [0.25, 0.3) is 0 Å². The zero-order valence-corrected chi connectivity index (χ0v) is 11.0. The number of aliphatic hydroxyl groups excluding tert-OH is 1. The van der Waals surface area contributed by atoms with Crippen molar-refractivity contribution < 1.29 is 14.7 Å². The molecule has 92 valence electrons. The minimum Gasteiger partial charge on any atom is -0.390 e. The fourth-order valence-corrected chi connectivity index (χ4v) is 1.83. The zero-order chi connectivity index (χ0) is 12.3. The molecule has 0 spiro atoms. The van der Waals surface area contributed by atoms with Crippen LogP contribution in [-0.4, -0.2) is 34.0 Å². The van der Waals surface area contributed by atoms with Crippen molar-refractivity contribution in [3.8, 4) is 0 Å². The van der Waals surface area contributed by atoms with Crippen molar-refractivity contribution in [3.63, 3.8) is 0 Å². The van der Waals surface area contributed by atoms with Crippen LogP contribution < -0.4 is 10.6 Å². The summed E-state index contributed by atoms with van der Waals surface area (Å²) in [6, 6.07) is 0. The number of alkyl halides is 1. The molecule has 2 fully saturated rings. The van der Waals surface area contributed by atoms with Gasteiger partial charge in [0.15, 0.2) is 0 Å². The smallest absolute Gasteiger partial charge is 0.236 e. The van der Waals surface area contributed by atoms with Crippen molar-refractivity contribution in [2.75, 3.05) is 6.54 Å². The standard InChI is InChI=1S/C8H11BrN2O3.C2H6/c9-8(1-2-8)11-7(14)5-4(12)3-10-6(5)13;1-2/h4-5,12H,1-3H2,(H,10,13)(H,11,14);1-2H3. The van der Waals surface area contributed by atoms with Crippen LogP contribution in [0.5, 0.6) is 0 Å². The maximum Gasteiger partial charge on any atom is 0.236 e. The molecule has 0 aromatic rings. The second-order valence-corrected chi connectivity index (χ2v) is 5.26. The minimum atomic E-state index is -0.954. The van der Waals surface area contributed by atoms with Crippen LogP contribution in [0.3, 0.4) is 0 Å². The number of β-amino-alcohol motifs (C(OH)–C–C–N with tert-alkyl or cyclic N) is 1. The molecule has 2 aliphatic rings. The van der Waals surface area contributed by atoms with Gasteiger partial charge in [0.1, 0.15) is 5.92 Å². The molecular weight excluding hydrogens is 276 g/mol. The third-order valence-corrected chi connectivity index (χ3v) is 3.46. The largest absolute Gasteiger partial charge is 0.390 e. The van der Waals surface area contributed by atoms with Crippen molar-refractivity contribution >= 4 is 27.7 Å². The van der Waals surface area contributed by atoms with Crippen molar-refractivity contribution in [3.05, 3.63) is 0 Å². The highest BCUT2D eigenvalue weighted by molar-refractivity contribution is 9.10. The van der Waals surface area contributed by atoms with Gasteiger partial charge in [-0.15, -0.1) is 0 Å². The first-order chi connectivity index (χ1) is 7.52. The Balaban J connectivity index is 0.000000606. The summed E-state index contributed by atoms with van der Waals surface area (Å²) in [5.41, 5.74) is 0. The summed E-state index contributed by atoms with van der Waals surface area (Å²) < 4.78 is -0.327. The molecule has 0 bridgehead atoms. The number of nitrogens with one attached hydrogen (secondary N) is 2. The lowest BCUT2D eigenvalue weighted by atomic mass is 10.1. The van der Waals surface area contributed by atoms with Crippen molar-refractivity contribution in [1.82, 2.24) is 10.6 Å². The lowest BCUT2D eigenvalue weighted by Crippen LogP contribution is -2.43. The van der Waals surface area contributed by atoms with Crippen LogP contribution in [-0.2, 0) is 9.59 Å². The van der Waals surface area contributed by atoms with Gasteiger partial charge < -0.3 is 15.7 Å². The van der Waals surface area contributed by atoms with Crippen molar-refractivity contribution in [2.24, 2.45) is 5.92 Å². The second kappa shape index (κ2) is 5.14. The third kappa shape index (κ3) is 2.95. The summed E-state index contributed by atoms with van der Waals surface area (Å²) in [7, 11) is 0. The molecular formula is C10H17BrN2O3. The summed E-state index contributed by atoms with van der Waals surface area (Å²) in [5, 5.41) is 14.5. The number of amides is 2. The molecule has 2 unspecified atom stereocenters. The zero-order valence-electron chi connectivity index (χ0n) is 9.42. The molecule has 6 heteroatoms. The van der Waals surface area contributed by atoms with Gasteiger partial charge >= 0.3 is 0 Å². The summed E-state index contributed by atoms with van der Waals surface area (Å²) >= 11 is 3.33. The number of hydrogen-bond acceptors (Lipinski definition) is 3. The average Bonchev–Trinajstić information content (AvgIpc) is 2.86. The number of carbonyl (C=O) groups is 2. The first-order valence-corrected chi connectivity index (χ1v) is 6.28. The Kier molecular flexibility index (Phi) is 4.32. The van der Waals surface area contributed by atoms with E-state index >= 15 is 0 Å². The van der Waals surface area contributed by atoms with E-state index in [9.17, 15) is 14.7 Å². The molecule has 1 aliphatic heterocycles. The molecule has 2 atom stereocenters. The van der Waals surface area contributed by atoms with Gasteiger partial charge in [-0.2, -0.15) is 0 Å². The Bertz CT molecular complexity index is 292. The Morgan fingerprint density at radius 3 is 2.50 bits per heavy atom. The Morgan fingerprint density at radius 2 is 2.12 bits per heavy atom. The highest BCUT2D eigenvalue weighted by Gasteiger charge is 2.46. The van der Waals surface area contributed by atoms with Crippen molar-refractivity contribution in [1.29, 1.82) is 0 Å². The lowest BCUT2D eigenvalue weighted by molar-refractivity contribution is -0.135. The van der Waals surface area contributed by atoms with E-state index in [4.69, 9.17) is 0 Å². The van der Waals surface area contributed by atoms with Gasteiger partial charge in [-0.25, -0.2) is 0 Å². The number of aliphatic hydroxyl groups is 1. The summed E-state index contributed by atoms with van der Waals surface area (Å²) in [4.78, 5) is 22.7. The molecule has 1 aliphatic carbocycles. The second-order valence-electron chi connectivity index (χ2n) is 3.74. The van der Waals surface area contributed by atoms with Crippen LogP contribution in [0.4, 0.5) is 0 Å². The first-order valence-electron chi connectivity index (χ1n) is 5.49. The molecule has 0 aromatic heterocycles. The fourth-order valence-electron chi connectivity index (χ4n) is 1.43. The minimum absolute atomic E-state index is 0.159. The monoisotopic (exact) mass is 292 g/mol. The van der Waals surface area contributed by atoms with Crippen LogP contribution in [0.1, 0.15) is 26.7 Å². The predicted molar refractivity (Wildman–Crippen MR) is 62.9 cm³/mol. The highest BCUT2D eigenvalue weighted by Crippen LogP contribution is 2.41. The van der Waals surface area contributed by atoms with Gasteiger partial charge in [-0.05, 0) is 12.8 Å². The van der Waals surface area contributed by atoms with Crippen LogP contribution in [0, 0.1) is 5.92 Å². The Labute approximate surface area is 103 Å². The molecule has 5 nitrogen and oxygen atoms in total. The normalized spacial score (nSPS) is 29.9. The maximum absolute atomic E-state index is 11.6. The van der Waals surface area contributed by atoms with E-state index < -0.39 is 23.8 Å². The number of hydrogen-bond donors (Lipinski definition) is 3. The van der Waals surface area contributed by atoms with E-state index in [-0.39, 0.29) is 11.0 Å². The molecule has 2 rings (SSSR count). The van der Waals surface area contributed by atoms with E-state index in [1.807, 2.05) is 13.8 Å². The van der Waals surface area contributed by atoms with E-state index in [0.717, 1.165) is 12.8 Å². The number of rotatable bonds is 2. The van der Waals surface area contributed by atoms with Gasteiger partial charge in [0.2, 0.25) is 11.8 Å². The molecule has 0 aromatic carbocycles. The maximum atomic E-state index is 11.6. The topological polar surface area (TPSA) is 78.4 Å². The van der Waals surface area contributed by atoms with Crippen LogP contribution in [0.15, 0.2) is 0 Å². The first kappa shape index (κ1) is 13.4. The third-order valence-electron chi connectivity index (χ3n) is 2.47. The molecule has 3 N–H and O–H groups in total. The fraction of sp³-hybridized carbons (Fsp3) is 0.800. The van der Waals surface area contributed by atoms with Gasteiger partial charge in [0, 0.05) is 6.54 Å². The van der Waals surface area contributed by atoms with E-state index in [2.05, 4.69) is 26.6 Å². The summed E-state index contributed by atoms with van der Waals surface area (Å²) in [5.74, 6) is -1.75. The van der Waals surface area contributed by atoms with E-state index in [1.165, 1.54) is 0 Å². The Hall–Kier alpha value is -0.620. The van der Waals surface area contributed by atoms with Gasteiger partial charge in [0.25, 0.3) is 0 Å². The molecule has 16 heavy (non-hydrogen) atoms. The van der Waals surface area contributed by atoms with Gasteiger partial charge in [0.05, 0.1) is 10.6 Å².